The van der Waals surface area contributed by atoms with Gasteiger partial charge in [-0.3, -0.25) is 4.79 Å². The highest BCUT2D eigenvalue weighted by Gasteiger charge is 2.13. The van der Waals surface area contributed by atoms with Gasteiger partial charge in [0.05, 0.1) is 6.61 Å². The number of rotatable bonds is 5. The van der Waals surface area contributed by atoms with Gasteiger partial charge in [-0.05, 0) is 19.1 Å². The van der Waals surface area contributed by atoms with Crippen molar-refractivity contribution in [1.29, 1.82) is 0 Å². The van der Waals surface area contributed by atoms with Gasteiger partial charge in [0, 0.05) is 0 Å². The number of hydrogen-bond acceptors (Lipinski definition) is 4. The molecule has 2 N–H and O–H groups in total. The van der Waals surface area contributed by atoms with Crippen molar-refractivity contribution in [2.75, 3.05) is 13.2 Å². The third kappa shape index (κ3) is 3.27. The SMILES string of the molecule is CCOc1ccccc1C(=O)OCC(N)=O. The van der Waals surface area contributed by atoms with Gasteiger partial charge >= 0.3 is 5.97 Å². The summed E-state index contributed by atoms with van der Waals surface area (Å²) >= 11 is 0. The quantitative estimate of drug-likeness (QED) is 0.746. The third-order valence-corrected chi connectivity index (χ3v) is 1.75. The Bertz CT molecular complexity index is 389. The summed E-state index contributed by atoms with van der Waals surface area (Å²) in [4.78, 5) is 22.0. The van der Waals surface area contributed by atoms with Crippen LogP contribution in [0, 0.1) is 0 Å². The first-order valence-electron chi connectivity index (χ1n) is 4.82. The highest BCUT2D eigenvalue weighted by molar-refractivity contribution is 5.93. The molecule has 0 saturated heterocycles. The van der Waals surface area contributed by atoms with E-state index in [1.807, 2.05) is 6.92 Å². The first kappa shape index (κ1) is 12.0. The number of hydrogen-bond donors (Lipinski definition) is 1. The minimum Gasteiger partial charge on any atom is -0.493 e. The van der Waals surface area contributed by atoms with Gasteiger partial charge in [0.25, 0.3) is 5.91 Å². The van der Waals surface area contributed by atoms with Crippen molar-refractivity contribution in [3.63, 3.8) is 0 Å². The Hall–Kier alpha value is -2.04. The fraction of sp³-hybridized carbons (Fsp3) is 0.273. The molecule has 0 radical (unpaired) electrons. The summed E-state index contributed by atoms with van der Waals surface area (Å²) in [7, 11) is 0. The molecule has 0 spiro atoms. The zero-order valence-electron chi connectivity index (χ0n) is 8.93. The van der Waals surface area contributed by atoms with Crippen molar-refractivity contribution in [3.8, 4) is 5.75 Å². The van der Waals surface area contributed by atoms with E-state index in [4.69, 9.17) is 10.5 Å². The van der Waals surface area contributed by atoms with Gasteiger partial charge in [-0.15, -0.1) is 0 Å². The van der Waals surface area contributed by atoms with Crippen molar-refractivity contribution < 1.29 is 19.1 Å². The molecular weight excluding hydrogens is 210 g/mol. The van der Waals surface area contributed by atoms with Gasteiger partial charge in [-0.2, -0.15) is 0 Å². The minimum atomic E-state index is -0.692. The van der Waals surface area contributed by atoms with Gasteiger partial charge in [-0.1, -0.05) is 12.1 Å². The summed E-state index contributed by atoms with van der Waals surface area (Å²) in [6.07, 6.45) is 0. The molecule has 0 saturated carbocycles. The lowest BCUT2D eigenvalue weighted by Crippen LogP contribution is -2.21. The maximum Gasteiger partial charge on any atom is 0.342 e. The molecule has 1 amide bonds. The van der Waals surface area contributed by atoms with Crippen LogP contribution in [-0.4, -0.2) is 25.1 Å². The largest absolute Gasteiger partial charge is 0.493 e. The van der Waals surface area contributed by atoms with Crippen LogP contribution in [0.3, 0.4) is 0 Å². The normalized spacial score (nSPS) is 9.56. The average Bonchev–Trinajstić information content (AvgIpc) is 2.27. The minimum absolute atomic E-state index is 0.283. The maximum atomic E-state index is 11.5. The molecule has 0 unspecified atom stereocenters. The highest BCUT2D eigenvalue weighted by Crippen LogP contribution is 2.18. The Balaban J connectivity index is 2.77. The molecule has 0 atom stereocenters. The molecule has 0 bridgehead atoms. The van der Waals surface area contributed by atoms with E-state index in [0.717, 1.165) is 0 Å². The number of ether oxygens (including phenoxy) is 2. The van der Waals surface area contributed by atoms with E-state index >= 15 is 0 Å². The van der Waals surface area contributed by atoms with E-state index < -0.39 is 18.5 Å². The number of nitrogens with two attached hydrogens (primary N) is 1. The van der Waals surface area contributed by atoms with Gasteiger partial charge < -0.3 is 15.2 Å². The van der Waals surface area contributed by atoms with Gasteiger partial charge in [0.2, 0.25) is 0 Å². The smallest absolute Gasteiger partial charge is 0.342 e. The molecule has 0 aliphatic carbocycles. The van der Waals surface area contributed by atoms with Crippen molar-refractivity contribution in [2.45, 2.75) is 6.92 Å². The molecule has 16 heavy (non-hydrogen) atoms. The predicted octanol–water partition coefficient (Wildman–Crippen LogP) is 0.727. The summed E-state index contributed by atoms with van der Waals surface area (Å²) in [6, 6.07) is 6.65. The van der Waals surface area contributed by atoms with Crippen molar-refractivity contribution in [2.24, 2.45) is 5.73 Å². The first-order chi connectivity index (χ1) is 7.65. The second-order valence-corrected chi connectivity index (χ2v) is 2.97. The van der Waals surface area contributed by atoms with Crippen LogP contribution in [0.15, 0.2) is 24.3 Å². The van der Waals surface area contributed by atoms with Crippen LogP contribution in [-0.2, 0) is 9.53 Å². The van der Waals surface area contributed by atoms with E-state index in [9.17, 15) is 9.59 Å². The Morgan fingerprint density at radius 3 is 2.62 bits per heavy atom. The van der Waals surface area contributed by atoms with Gasteiger partial charge in [-0.25, -0.2) is 4.79 Å². The number of primary amides is 1. The topological polar surface area (TPSA) is 78.6 Å². The molecule has 0 heterocycles. The number of benzene rings is 1. The average molecular weight is 223 g/mol. The Labute approximate surface area is 93.1 Å². The molecule has 5 heteroatoms. The Kier molecular flexibility index (Phi) is 4.32. The van der Waals surface area contributed by atoms with Crippen molar-refractivity contribution in [1.82, 2.24) is 0 Å². The zero-order valence-corrected chi connectivity index (χ0v) is 8.93. The summed E-state index contributed by atoms with van der Waals surface area (Å²) in [5, 5.41) is 0. The van der Waals surface area contributed by atoms with E-state index in [1.54, 1.807) is 24.3 Å². The van der Waals surface area contributed by atoms with E-state index in [0.29, 0.717) is 12.4 Å². The molecule has 0 aromatic heterocycles. The van der Waals surface area contributed by atoms with Crippen LogP contribution in [0.25, 0.3) is 0 Å². The zero-order chi connectivity index (χ0) is 12.0. The lowest BCUT2D eigenvalue weighted by atomic mass is 10.2. The monoisotopic (exact) mass is 223 g/mol. The molecule has 0 aliphatic rings. The van der Waals surface area contributed by atoms with Crippen molar-refractivity contribution in [3.05, 3.63) is 29.8 Å². The van der Waals surface area contributed by atoms with Crippen molar-refractivity contribution >= 4 is 11.9 Å². The Morgan fingerprint density at radius 2 is 2.00 bits per heavy atom. The number of carbonyl (C=O) groups is 2. The molecule has 1 aromatic carbocycles. The number of amides is 1. The standard InChI is InChI=1S/C11H13NO4/c1-2-15-9-6-4-3-5-8(9)11(14)16-7-10(12)13/h3-6H,2,7H2,1H3,(H2,12,13). The maximum absolute atomic E-state index is 11.5. The van der Waals surface area contributed by atoms with Crippen LogP contribution in [0.1, 0.15) is 17.3 Å². The predicted molar refractivity (Wildman–Crippen MR) is 57.1 cm³/mol. The van der Waals surface area contributed by atoms with Gasteiger partial charge in [0.1, 0.15) is 11.3 Å². The second kappa shape index (κ2) is 5.75. The molecule has 5 nitrogen and oxygen atoms in total. The summed E-state index contributed by atoms with van der Waals surface area (Å²) in [5.74, 6) is -0.885. The fourth-order valence-corrected chi connectivity index (χ4v) is 1.13. The van der Waals surface area contributed by atoms with Crippen LogP contribution >= 0.6 is 0 Å². The van der Waals surface area contributed by atoms with E-state index in [1.165, 1.54) is 0 Å². The third-order valence-electron chi connectivity index (χ3n) is 1.75. The summed E-state index contributed by atoms with van der Waals surface area (Å²) < 4.78 is 9.93. The molecule has 1 rings (SSSR count). The number of esters is 1. The fourth-order valence-electron chi connectivity index (χ4n) is 1.13. The molecule has 86 valence electrons. The molecular formula is C11H13NO4. The van der Waals surface area contributed by atoms with Crippen LogP contribution in [0.5, 0.6) is 5.75 Å². The number of para-hydroxylation sites is 1. The molecule has 0 fully saturated rings. The first-order valence-corrected chi connectivity index (χ1v) is 4.82. The van der Waals surface area contributed by atoms with Crippen LogP contribution in [0.2, 0.25) is 0 Å². The summed E-state index contributed by atoms with van der Waals surface area (Å²) in [5.41, 5.74) is 5.15. The second-order valence-electron chi connectivity index (χ2n) is 2.97. The van der Waals surface area contributed by atoms with Crippen LogP contribution < -0.4 is 10.5 Å². The Morgan fingerprint density at radius 1 is 1.31 bits per heavy atom. The number of carbonyl (C=O) groups excluding carboxylic acids is 2. The summed E-state index contributed by atoms with van der Waals surface area (Å²) in [6.45, 7) is 1.82. The highest BCUT2D eigenvalue weighted by atomic mass is 16.5. The van der Waals surface area contributed by atoms with Crippen LogP contribution in [0.4, 0.5) is 0 Å². The van der Waals surface area contributed by atoms with Gasteiger partial charge in [0.15, 0.2) is 6.61 Å². The molecule has 1 aromatic rings. The van der Waals surface area contributed by atoms with E-state index in [-0.39, 0.29) is 5.56 Å². The lowest BCUT2D eigenvalue weighted by Gasteiger charge is -2.08. The lowest BCUT2D eigenvalue weighted by molar-refractivity contribution is -0.121. The molecule has 0 aliphatic heterocycles. The van der Waals surface area contributed by atoms with E-state index in [2.05, 4.69) is 4.74 Å².